The summed E-state index contributed by atoms with van der Waals surface area (Å²) >= 11 is 0. The van der Waals surface area contributed by atoms with Crippen LogP contribution in [-0.2, 0) is 11.2 Å². The zero-order valence-corrected chi connectivity index (χ0v) is 15.3. The Hall–Kier alpha value is -0.820. The number of fused-ring (bicyclic) bond motifs is 5. The zero-order chi connectivity index (χ0) is 16.2. The molecule has 0 amide bonds. The number of aryl methyl sites for hydroxylation is 2. The summed E-state index contributed by atoms with van der Waals surface area (Å²) in [5, 5.41) is 0. The van der Waals surface area contributed by atoms with Gasteiger partial charge in [0.25, 0.3) is 0 Å². The van der Waals surface area contributed by atoms with Gasteiger partial charge in [-0.2, -0.15) is 0 Å². The zero-order valence-electron chi connectivity index (χ0n) is 15.3. The van der Waals surface area contributed by atoms with E-state index in [-0.39, 0.29) is 0 Å². The first-order valence-corrected chi connectivity index (χ1v) is 9.74. The molecule has 0 aromatic heterocycles. The fourth-order valence-electron chi connectivity index (χ4n) is 6.22. The molecule has 0 saturated heterocycles. The Morgan fingerprint density at radius 3 is 2.74 bits per heavy atom. The Morgan fingerprint density at radius 1 is 1.13 bits per heavy atom. The predicted molar refractivity (Wildman–Crippen MR) is 95.8 cm³/mol. The van der Waals surface area contributed by atoms with Gasteiger partial charge in [-0.05, 0) is 93.6 Å². The van der Waals surface area contributed by atoms with Gasteiger partial charge in [0.15, 0.2) is 0 Å². The summed E-state index contributed by atoms with van der Waals surface area (Å²) in [6, 6.07) is 7.22. The third kappa shape index (κ3) is 2.47. The molecule has 1 aromatic rings. The van der Waals surface area contributed by atoms with Crippen LogP contribution in [0.1, 0.15) is 75.5 Å². The molecule has 1 aromatic carbocycles. The third-order valence-electron chi connectivity index (χ3n) is 7.23. The van der Waals surface area contributed by atoms with Gasteiger partial charge in [0.2, 0.25) is 0 Å². The molecule has 1 nitrogen and oxygen atoms in total. The van der Waals surface area contributed by atoms with Gasteiger partial charge in [-0.3, -0.25) is 0 Å². The first-order chi connectivity index (χ1) is 11.0. The molecule has 0 radical (unpaired) electrons. The second-order valence-corrected chi connectivity index (χ2v) is 8.91. The lowest BCUT2D eigenvalue weighted by Crippen LogP contribution is -2.45. The van der Waals surface area contributed by atoms with E-state index in [1.54, 1.807) is 11.1 Å². The Labute approximate surface area is 141 Å². The molecule has 0 heterocycles. The lowest BCUT2D eigenvalue weighted by Gasteiger charge is -2.51. The summed E-state index contributed by atoms with van der Waals surface area (Å²) in [4.78, 5) is 0. The van der Waals surface area contributed by atoms with Crippen LogP contribution in [0.25, 0.3) is 0 Å². The van der Waals surface area contributed by atoms with Crippen molar-refractivity contribution in [3.05, 3.63) is 34.9 Å². The van der Waals surface area contributed by atoms with Crippen LogP contribution in [0.3, 0.4) is 0 Å². The van der Waals surface area contributed by atoms with Crippen molar-refractivity contribution >= 4 is 0 Å². The number of rotatable bonds is 2. The first-order valence-electron chi connectivity index (χ1n) is 9.74. The normalized spacial score (nSPS) is 39.0. The number of ether oxygens (including phenoxy) is 1. The van der Waals surface area contributed by atoms with Gasteiger partial charge >= 0.3 is 0 Å². The van der Waals surface area contributed by atoms with Crippen LogP contribution in [0.4, 0.5) is 0 Å². The van der Waals surface area contributed by atoms with Crippen molar-refractivity contribution < 1.29 is 4.74 Å². The van der Waals surface area contributed by atoms with E-state index < -0.39 is 0 Å². The van der Waals surface area contributed by atoms with E-state index in [0.29, 0.717) is 17.6 Å². The fraction of sp³-hybridized carbons (Fsp3) is 0.727. The average molecular weight is 312 g/mol. The maximum Gasteiger partial charge on any atom is 0.0635 e. The third-order valence-corrected chi connectivity index (χ3v) is 7.23. The molecule has 2 fully saturated rings. The highest BCUT2D eigenvalue weighted by Gasteiger charge is 2.55. The van der Waals surface area contributed by atoms with Gasteiger partial charge in [0.05, 0.1) is 12.2 Å². The minimum Gasteiger partial charge on any atom is -0.375 e. The molecule has 1 unspecified atom stereocenters. The fourth-order valence-corrected chi connectivity index (χ4v) is 6.22. The van der Waals surface area contributed by atoms with Crippen LogP contribution in [0.5, 0.6) is 0 Å². The maximum atomic E-state index is 6.35. The summed E-state index contributed by atoms with van der Waals surface area (Å²) in [5.41, 5.74) is 5.17. The van der Waals surface area contributed by atoms with Crippen LogP contribution in [0.15, 0.2) is 18.2 Å². The summed E-state index contributed by atoms with van der Waals surface area (Å²) in [6.45, 7) is 9.16. The Bertz CT molecular complexity index is 590. The molecular weight excluding hydrogens is 280 g/mol. The lowest BCUT2D eigenvalue weighted by molar-refractivity contribution is -0.0860. The van der Waals surface area contributed by atoms with Gasteiger partial charge in [-0.15, -0.1) is 0 Å². The highest BCUT2D eigenvalue weighted by Crippen LogP contribution is 2.61. The highest BCUT2D eigenvalue weighted by molar-refractivity contribution is 5.37. The molecule has 3 aliphatic rings. The maximum absolute atomic E-state index is 6.35. The summed E-state index contributed by atoms with van der Waals surface area (Å²) in [5.74, 6) is 2.58. The first kappa shape index (κ1) is 15.7. The Morgan fingerprint density at radius 2 is 1.96 bits per heavy atom. The Kier molecular flexibility index (Phi) is 3.83. The van der Waals surface area contributed by atoms with E-state index in [1.807, 2.05) is 0 Å². The quantitative estimate of drug-likeness (QED) is 0.686. The van der Waals surface area contributed by atoms with E-state index in [1.165, 1.54) is 44.1 Å². The highest BCUT2D eigenvalue weighted by atomic mass is 16.5. The van der Waals surface area contributed by atoms with Crippen molar-refractivity contribution in [1.29, 1.82) is 0 Å². The van der Waals surface area contributed by atoms with Crippen molar-refractivity contribution in [2.45, 2.75) is 84.3 Å². The molecule has 3 aliphatic carbocycles. The van der Waals surface area contributed by atoms with E-state index >= 15 is 0 Å². The second kappa shape index (κ2) is 5.62. The molecule has 0 aliphatic heterocycles. The minimum atomic E-state index is 0.364. The van der Waals surface area contributed by atoms with Crippen molar-refractivity contribution in [2.24, 2.45) is 17.3 Å². The van der Waals surface area contributed by atoms with Gasteiger partial charge in [-0.25, -0.2) is 0 Å². The van der Waals surface area contributed by atoms with Crippen LogP contribution < -0.4 is 0 Å². The van der Waals surface area contributed by atoms with Crippen molar-refractivity contribution in [1.82, 2.24) is 0 Å². The molecule has 0 bridgehead atoms. The van der Waals surface area contributed by atoms with E-state index in [0.717, 1.165) is 17.8 Å². The van der Waals surface area contributed by atoms with E-state index in [2.05, 4.69) is 45.9 Å². The average Bonchev–Trinajstić information content (AvgIpc) is 2.83. The SMILES string of the molecule is Cc1ccc2c(c1)CC[C@@H]1C2CC[C@]2(C)[C@@H](OC(C)C)CC[C@@H]12. The smallest absolute Gasteiger partial charge is 0.0635 e. The number of hydrogen-bond acceptors (Lipinski definition) is 1. The topological polar surface area (TPSA) is 9.23 Å². The monoisotopic (exact) mass is 312 g/mol. The second-order valence-electron chi connectivity index (χ2n) is 8.91. The summed E-state index contributed by atoms with van der Waals surface area (Å²) in [7, 11) is 0. The minimum absolute atomic E-state index is 0.364. The summed E-state index contributed by atoms with van der Waals surface area (Å²) < 4.78 is 6.35. The van der Waals surface area contributed by atoms with E-state index in [4.69, 9.17) is 4.74 Å². The van der Waals surface area contributed by atoms with Gasteiger partial charge in [-0.1, -0.05) is 30.7 Å². The van der Waals surface area contributed by atoms with Gasteiger partial charge < -0.3 is 4.74 Å². The van der Waals surface area contributed by atoms with Gasteiger partial charge in [0, 0.05) is 0 Å². The molecule has 23 heavy (non-hydrogen) atoms. The Balaban J connectivity index is 1.62. The van der Waals surface area contributed by atoms with Crippen LogP contribution in [0.2, 0.25) is 0 Å². The van der Waals surface area contributed by atoms with Crippen LogP contribution >= 0.6 is 0 Å². The largest absolute Gasteiger partial charge is 0.375 e. The number of benzene rings is 1. The van der Waals surface area contributed by atoms with Crippen molar-refractivity contribution in [2.75, 3.05) is 0 Å². The van der Waals surface area contributed by atoms with Crippen LogP contribution in [0, 0.1) is 24.2 Å². The van der Waals surface area contributed by atoms with E-state index in [9.17, 15) is 0 Å². The molecule has 126 valence electrons. The molecule has 2 saturated carbocycles. The van der Waals surface area contributed by atoms with Crippen LogP contribution in [-0.4, -0.2) is 12.2 Å². The molecule has 5 atom stereocenters. The van der Waals surface area contributed by atoms with Gasteiger partial charge in [0.1, 0.15) is 0 Å². The molecule has 0 spiro atoms. The number of hydrogen-bond donors (Lipinski definition) is 0. The molecule has 1 heteroatoms. The molecule has 4 rings (SSSR count). The predicted octanol–water partition coefficient (Wildman–Crippen LogP) is 5.64. The standard InChI is InChI=1S/C22H32O/c1-14(2)23-21-10-9-20-19-8-6-16-13-15(3)5-7-17(16)18(19)11-12-22(20,21)4/h5,7,13-14,18-21H,6,8-12H2,1-4H3/t18?,19-,20+,21+,22+/m1/s1. The summed E-state index contributed by atoms with van der Waals surface area (Å²) in [6.07, 6.45) is 8.93. The molecule has 0 N–H and O–H groups in total. The molecular formula is C22H32O. The lowest BCUT2D eigenvalue weighted by atomic mass is 9.55. The van der Waals surface area contributed by atoms with Crippen molar-refractivity contribution in [3.63, 3.8) is 0 Å². The van der Waals surface area contributed by atoms with Crippen molar-refractivity contribution in [3.8, 4) is 0 Å².